The SMILES string of the molecule is Fc1c[c-]c(-c2ccccn2)c(F)c1.[C-]#N.[Ir].c1ccc(-c2cccc(-c3ccccn3)n2)nc1. The van der Waals surface area contributed by atoms with Crippen LogP contribution < -0.4 is 0 Å². The summed E-state index contributed by atoms with van der Waals surface area (Å²) in [5.41, 5.74) is 4.10. The van der Waals surface area contributed by atoms with Crippen molar-refractivity contribution in [3.8, 4) is 34.0 Å². The van der Waals surface area contributed by atoms with Crippen molar-refractivity contribution < 1.29 is 28.9 Å². The van der Waals surface area contributed by atoms with Crippen LogP contribution in [-0.2, 0) is 20.1 Å². The van der Waals surface area contributed by atoms with Crippen LogP contribution in [0.15, 0.2) is 104 Å². The first-order valence-electron chi connectivity index (χ1n) is 10.0. The van der Waals surface area contributed by atoms with E-state index >= 15 is 0 Å². The smallest absolute Gasteiger partial charge is 0.0894 e. The largest absolute Gasteiger partial charge is 0.512 e. The van der Waals surface area contributed by atoms with Gasteiger partial charge in [-0.3, -0.25) is 18.7 Å². The maximum atomic E-state index is 13.2. The van der Waals surface area contributed by atoms with Crippen LogP contribution in [0.1, 0.15) is 0 Å². The van der Waals surface area contributed by atoms with Gasteiger partial charge in [0.15, 0.2) is 0 Å². The van der Waals surface area contributed by atoms with Crippen LogP contribution in [-0.4, -0.2) is 19.9 Å². The third-order valence-corrected chi connectivity index (χ3v) is 4.38. The van der Waals surface area contributed by atoms with Gasteiger partial charge in [0, 0.05) is 50.3 Å². The van der Waals surface area contributed by atoms with Gasteiger partial charge in [0.25, 0.3) is 0 Å². The van der Waals surface area contributed by atoms with E-state index in [-0.39, 0.29) is 25.7 Å². The average Bonchev–Trinajstić information content (AvgIpc) is 2.92. The number of rotatable bonds is 3. The fourth-order valence-electron chi connectivity index (χ4n) is 2.90. The van der Waals surface area contributed by atoms with Crippen molar-refractivity contribution >= 4 is 0 Å². The number of benzene rings is 1. The molecule has 0 aliphatic heterocycles. The summed E-state index contributed by atoms with van der Waals surface area (Å²) in [6.45, 7) is 4.75. The number of nitrogens with zero attached hydrogens (tertiary/aromatic N) is 5. The van der Waals surface area contributed by atoms with E-state index in [9.17, 15) is 8.78 Å². The zero-order valence-electron chi connectivity index (χ0n) is 18.1. The Bertz CT molecular complexity index is 1280. The summed E-state index contributed by atoms with van der Waals surface area (Å²) < 4.78 is 25.8. The molecule has 1 aromatic carbocycles. The molecule has 0 atom stereocenters. The fourth-order valence-corrected chi connectivity index (χ4v) is 2.90. The first-order valence-corrected chi connectivity index (χ1v) is 10.0. The summed E-state index contributed by atoms with van der Waals surface area (Å²) in [4.78, 5) is 17.1. The Morgan fingerprint density at radius 3 is 1.51 bits per heavy atom. The van der Waals surface area contributed by atoms with E-state index < -0.39 is 11.6 Å². The fraction of sp³-hybridized carbons (Fsp3) is 0. The van der Waals surface area contributed by atoms with Gasteiger partial charge in [-0.2, -0.15) is 0 Å². The summed E-state index contributed by atoms with van der Waals surface area (Å²) in [7, 11) is 0. The number of aromatic nitrogens is 4. The number of hydrogen-bond donors (Lipinski definition) is 0. The Hall–Kier alpha value is -4.18. The average molecular weight is 642 g/mol. The minimum atomic E-state index is -0.649. The molecule has 175 valence electrons. The van der Waals surface area contributed by atoms with E-state index in [2.05, 4.69) is 26.0 Å². The molecule has 5 aromatic rings. The third kappa shape index (κ3) is 7.68. The van der Waals surface area contributed by atoms with Crippen molar-refractivity contribution in [1.29, 1.82) is 5.26 Å². The first kappa shape index (κ1) is 27.1. The van der Waals surface area contributed by atoms with Crippen molar-refractivity contribution in [2.24, 2.45) is 0 Å². The molecule has 0 fully saturated rings. The summed E-state index contributed by atoms with van der Waals surface area (Å²) in [5.74, 6) is -1.29. The molecule has 5 rings (SSSR count). The molecule has 0 aliphatic carbocycles. The topological polar surface area (TPSA) is 75.3 Å². The molecular formula is C27H17F2IrN5-2. The second-order valence-electron chi connectivity index (χ2n) is 6.59. The van der Waals surface area contributed by atoms with E-state index in [1.165, 1.54) is 0 Å². The molecule has 0 amide bonds. The van der Waals surface area contributed by atoms with Crippen molar-refractivity contribution in [3.05, 3.63) is 128 Å². The molecule has 8 heteroatoms. The van der Waals surface area contributed by atoms with Crippen LogP contribution in [0, 0.1) is 29.5 Å². The van der Waals surface area contributed by atoms with Gasteiger partial charge < -0.3 is 16.8 Å². The van der Waals surface area contributed by atoms with Crippen LogP contribution in [0.2, 0.25) is 0 Å². The summed E-state index contributed by atoms with van der Waals surface area (Å²) in [6.07, 6.45) is 5.08. The van der Waals surface area contributed by atoms with Gasteiger partial charge in [-0.05, 0) is 48.2 Å². The van der Waals surface area contributed by atoms with Gasteiger partial charge in [-0.25, -0.2) is 4.98 Å². The zero-order chi connectivity index (χ0) is 24.2. The molecule has 4 aromatic heterocycles. The predicted molar refractivity (Wildman–Crippen MR) is 124 cm³/mol. The van der Waals surface area contributed by atoms with Crippen LogP contribution in [0.4, 0.5) is 8.78 Å². The molecule has 0 saturated carbocycles. The van der Waals surface area contributed by atoms with Crippen LogP contribution >= 0.6 is 0 Å². The van der Waals surface area contributed by atoms with E-state index in [4.69, 9.17) is 11.8 Å². The van der Waals surface area contributed by atoms with E-state index in [1.54, 1.807) is 36.8 Å². The maximum absolute atomic E-state index is 13.2. The van der Waals surface area contributed by atoms with Crippen LogP contribution in [0.5, 0.6) is 0 Å². The number of halogens is 2. The molecule has 0 bridgehead atoms. The Balaban J connectivity index is 0.000000231. The molecule has 35 heavy (non-hydrogen) atoms. The van der Waals surface area contributed by atoms with E-state index in [0.717, 1.165) is 34.9 Å². The van der Waals surface area contributed by atoms with Gasteiger partial charge in [0.2, 0.25) is 0 Å². The minimum absolute atomic E-state index is 0. The Kier molecular flexibility index (Phi) is 11.0. The van der Waals surface area contributed by atoms with Crippen LogP contribution in [0.3, 0.4) is 0 Å². The minimum Gasteiger partial charge on any atom is -0.512 e. The van der Waals surface area contributed by atoms with Crippen molar-refractivity contribution in [2.45, 2.75) is 0 Å². The summed E-state index contributed by atoms with van der Waals surface area (Å²) in [5, 5.41) is 6.25. The standard InChI is InChI=1S/C15H11N3.C11H6F2N.CN.Ir/c1-3-10-16-12(6-1)14-8-5-9-15(18-14)13-7-2-4-11-17-13;12-8-4-5-9(10(13)7-8)11-3-1-2-6-14-11;1-2;/h1-11H;1-4,6-7H;;/q;2*-1;. The van der Waals surface area contributed by atoms with Gasteiger partial charge in [0.05, 0.1) is 22.8 Å². The Labute approximate surface area is 215 Å². The van der Waals surface area contributed by atoms with E-state index in [0.29, 0.717) is 5.69 Å². The van der Waals surface area contributed by atoms with Crippen molar-refractivity contribution in [1.82, 2.24) is 19.9 Å². The second-order valence-corrected chi connectivity index (χ2v) is 6.59. The molecule has 0 N–H and O–H groups in total. The Morgan fingerprint density at radius 1 is 0.629 bits per heavy atom. The predicted octanol–water partition coefficient (Wildman–Crippen LogP) is 6.13. The monoisotopic (exact) mass is 642 g/mol. The molecule has 5 nitrogen and oxygen atoms in total. The van der Waals surface area contributed by atoms with Crippen molar-refractivity contribution in [3.63, 3.8) is 0 Å². The number of hydrogen-bond acceptors (Lipinski definition) is 5. The zero-order valence-corrected chi connectivity index (χ0v) is 20.5. The van der Waals surface area contributed by atoms with Gasteiger partial charge in [-0.1, -0.05) is 42.0 Å². The molecule has 0 spiro atoms. The second kappa shape index (κ2) is 14.2. The molecule has 4 heterocycles. The van der Waals surface area contributed by atoms with Crippen molar-refractivity contribution in [2.75, 3.05) is 0 Å². The Morgan fingerprint density at radius 2 is 1.09 bits per heavy atom. The van der Waals surface area contributed by atoms with Crippen LogP contribution in [0.25, 0.3) is 34.0 Å². The molecular weight excluding hydrogens is 625 g/mol. The quantitative estimate of drug-likeness (QED) is 0.222. The summed E-state index contributed by atoms with van der Waals surface area (Å²) in [6, 6.07) is 27.0. The van der Waals surface area contributed by atoms with Gasteiger partial charge in [-0.15, -0.1) is 12.1 Å². The molecule has 1 radical (unpaired) electrons. The van der Waals surface area contributed by atoms with E-state index in [1.807, 2.05) is 54.6 Å². The summed E-state index contributed by atoms with van der Waals surface area (Å²) >= 11 is 0. The maximum Gasteiger partial charge on any atom is 0.0894 e. The number of pyridine rings is 4. The van der Waals surface area contributed by atoms with Gasteiger partial charge in [0.1, 0.15) is 0 Å². The first-order chi connectivity index (χ1) is 16.7. The molecule has 0 saturated heterocycles. The third-order valence-electron chi connectivity index (χ3n) is 4.38. The molecule has 0 aliphatic rings. The normalized spacial score (nSPS) is 9.37. The molecule has 0 unspecified atom stereocenters. The van der Waals surface area contributed by atoms with Gasteiger partial charge >= 0.3 is 0 Å².